The molecule has 1 aliphatic carbocycles. The molecule has 4 rings (SSSR count). The monoisotopic (exact) mass is 321 g/mol. The molecule has 0 atom stereocenters. The Morgan fingerprint density at radius 2 is 1.95 bits per heavy atom. The molecular formula is C15H20ClN5O. The van der Waals surface area contributed by atoms with E-state index in [4.69, 9.17) is 10.3 Å². The number of nitrogens with two attached hydrogens (primary N) is 1. The van der Waals surface area contributed by atoms with E-state index >= 15 is 0 Å². The number of rotatable bonds is 3. The number of halogens is 1. The van der Waals surface area contributed by atoms with Crippen molar-refractivity contribution in [3.05, 3.63) is 24.2 Å². The highest BCUT2D eigenvalue weighted by molar-refractivity contribution is 5.85. The van der Waals surface area contributed by atoms with Crippen LogP contribution in [0.1, 0.15) is 37.9 Å². The molecule has 0 bridgehead atoms. The summed E-state index contributed by atoms with van der Waals surface area (Å²) in [5.74, 6) is 2.08. The van der Waals surface area contributed by atoms with E-state index in [1.54, 1.807) is 0 Å². The Hall–Kier alpha value is -1.66. The van der Waals surface area contributed by atoms with Gasteiger partial charge in [0.25, 0.3) is 5.89 Å². The molecule has 1 saturated carbocycles. The Balaban J connectivity index is 0.00000144. The van der Waals surface area contributed by atoms with Crippen molar-refractivity contribution in [3.63, 3.8) is 0 Å². The van der Waals surface area contributed by atoms with Crippen molar-refractivity contribution in [2.45, 2.75) is 37.6 Å². The third-order valence-corrected chi connectivity index (χ3v) is 4.54. The maximum atomic E-state index is 6.26. The third kappa shape index (κ3) is 2.46. The van der Waals surface area contributed by atoms with E-state index in [0.717, 1.165) is 43.7 Å². The molecule has 3 heterocycles. The van der Waals surface area contributed by atoms with Crippen LogP contribution in [0.3, 0.4) is 0 Å². The lowest BCUT2D eigenvalue weighted by Gasteiger charge is -2.34. The first-order valence-electron chi connectivity index (χ1n) is 7.60. The molecule has 6 nitrogen and oxygen atoms in total. The van der Waals surface area contributed by atoms with Crippen LogP contribution in [-0.2, 0) is 5.54 Å². The number of aromatic nitrogens is 3. The van der Waals surface area contributed by atoms with E-state index in [1.807, 2.05) is 18.3 Å². The van der Waals surface area contributed by atoms with Gasteiger partial charge in [0.2, 0.25) is 0 Å². The van der Waals surface area contributed by atoms with Crippen molar-refractivity contribution in [3.8, 4) is 11.5 Å². The Morgan fingerprint density at radius 3 is 2.64 bits per heavy atom. The summed E-state index contributed by atoms with van der Waals surface area (Å²) in [6.07, 6.45) is 7.21. The van der Waals surface area contributed by atoms with Crippen LogP contribution in [0.5, 0.6) is 0 Å². The minimum Gasteiger partial charge on any atom is -0.356 e. The average Bonchev–Trinajstić information content (AvgIpc) is 3.16. The van der Waals surface area contributed by atoms with Gasteiger partial charge in [0, 0.05) is 19.3 Å². The van der Waals surface area contributed by atoms with Crippen molar-refractivity contribution in [1.82, 2.24) is 15.1 Å². The zero-order valence-corrected chi connectivity index (χ0v) is 13.2. The first-order valence-corrected chi connectivity index (χ1v) is 7.60. The molecule has 0 spiro atoms. The molecule has 7 heteroatoms. The Bertz CT molecular complexity index is 649. The van der Waals surface area contributed by atoms with E-state index in [-0.39, 0.29) is 12.4 Å². The van der Waals surface area contributed by atoms with Crippen molar-refractivity contribution in [2.24, 2.45) is 5.73 Å². The molecule has 118 valence electrons. The minimum atomic E-state index is -0.391. The van der Waals surface area contributed by atoms with Crippen LogP contribution in [0.2, 0.25) is 0 Å². The van der Waals surface area contributed by atoms with E-state index in [2.05, 4.69) is 20.0 Å². The fourth-order valence-corrected chi connectivity index (χ4v) is 3.06. The standard InChI is InChI=1S/C15H19N5O.ClH/c16-15(6-4-7-15)14-18-13(21-19-14)11-5-3-8-17-12(11)20-9-1-2-10-20;/h3,5,8H,1-2,4,6-7,9-10,16H2;1H. The summed E-state index contributed by atoms with van der Waals surface area (Å²) in [4.78, 5) is 11.3. The minimum absolute atomic E-state index is 0. The summed E-state index contributed by atoms with van der Waals surface area (Å²) in [6.45, 7) is 2.07. The second-order valence-corrected chi connectivity index (χ2v) is 6.00. The van der Waals surface area contributed by atoms with Gasteiger partial charge < -0.3 is 15.2 Å². The normalized spacial score (nSPS) is 19.6. The number of hydrogen-bond acceptors (Lipinski definition) is 6. The Morgan fingerprint density at radius 1 is 1.18 bits per heavy atom. The van der Waals surface area contributed by atoms with Gasteiger partial charge in [-0.05, 0) is 44.2 Å². The zero-order chi connectivity index (χ0) is 14.3. The summed E-state index contributed by atoms with van der Waals surface area (Å²) in [5.41, 5.74) is 6.78. The van der Waals surface area contributed by atoms with Gasteiger partial charge in [-0.25, -0.2) is 4.98 Å². The highest BCUT2D eigenvalue weighted by Gasteiger charge is 2.39. The van der Waals surface area contributed by atoms with Gasteiger partial charge in [-0.3, -0.25) is 0 Å². The lowest BCUT2D eigenvalue weighted by atomic mass is 9.77. The SMILES string of the molecule is Cl.NC1(c2noc(-c3cccnc3N3CCCC3)n2)CCC1. The quantitative estimate of drug-likeness (QED) is 0.935. The lowest BCUT2D eigenvalue weighted by molar-refractivity contribution is 0.229. The summed E-state index contributed by atoms with van der Waals surface area (Å²) in [6, 6.07) is 3.89. The summed E-state index contributed by atoms with van der Waals surface area (Å²) < 4.78 is 5.47. The van der Waals surface area contributed by atoms with Gasteiger partial charge in [0.1, 0.15) is 5.82 Å². The lowest BCUT2D eigenvalue weighted by Crippen LogP contribution is -2.44. The van der Waals surface area contributed by atoms with Crippen molar-refractivity contribution in [2.75, 3.05) is 18.0 Å². The van der Waals surface area contributed by atoms with Crippen LogP contribution < -0.4 is 10.6 Å². The number of nitrogens with zero attached hydrogens (tertiary/aromatic N) is 4. The van der Waals surface area contributed by atoms with Crippen molar-refractivity contribution in [1.29, 1.82) is 0 Å². The first-order chi connectivity index (χ1) is 10.3. The molecule has 0 unspecified atom stereocenters. The van der Waals surface area contributed by atoms with Crippen molar-refractivity contribution >= 4 is 18.2 Å². The Kier molecular flexibility index (Phi) is 4.06. The number of hydrogen-bond donors (Lipinski definition) is 1. The molecule has 1 aliphatic heterocycles. The smallest absolute Gasteiger partial charge is 0.261 e. The predicted molar refractivity (Wildman–Crippen MR) is 85.9 cm³/mol. The summed E-state index contributed by atoms with van der Waals surface area (Å²) in [7, 11) is 0. The molecule has 2 aliphatic rings. The van der Waals surface area contributed by atoms with Crippen LogP contribution in [0.25, 0.3) is 11.5 Å². The second kappa shape index (κ2) is 5.85. The predicted octanol–water partition coefficient (Wildman–Crippen LogP) is 2.49. The van der Waals surface area contributed by atoms with Crippen LogP contribution in [0.15, 0.2) is 22.9 Å². The average molecular weight is 322 g/mol. The highest BCUT2D eigenvalue weighted by Crippen LogP contribution is 2.38. The van der Waals surface area contributed by atoms with Gasteiger partial charge in [0.05, 0.1) is 11.1 Å². The van der Waals surface area contributed by atoms with Crippen LogP contribution in [0.4, 0.5) is 5.82 Å². The topological polar surface area (TPSA) is 81.1 Å². The molecule has 0 radical (unpaired) electrons. The van der Waals surface area contributed by atoms with Gasteiger partial charge in [-0.2, -0.15) is 4.98 Å². The van der Waals surface area contributed by atoms with E-state index in [1.165, 1.54) is 12.8 Å². The molecule has 2 aromatic rings. The largest absolute Gasteiger partial charge is 0.356 e. The van der Waals surface area contributed by atoms with Crippen LogP contribution in [-0.4, -0.2) is 28.2 Å². The zero-order valence-electron chi connectivity index (χ0n) is 12.4. The number of anilines is 1. The summed E-state index contributed by atoms with van der Waals surface area (Å²) >= 11 is 0. The molecule has 0 aromatic carbocycles. The van der Waals surface area contributed by atoms with Crippen LogP contribution >= 0.6 is 12.4 Å². The van der Waals surface area contributed by atoms with Gasteiger partial charge >= 0.3 is 0 Å². The van der Waals surface area contributed by atoms with E-state index in [9.17, 15) is 0 Å². The highest BCUT2D eigenvalue weighted by atomic mass is 35.5. The first kappa shape index (κ1) is 15.2. The van der Waals surface area contributed by atoms with Gasteiger partial charge in [-0.15, -0.1) is 12.4 Å². The molecule has 2 aromatic heterocycles. The molecular weight excluding hydrogens is 302 g/mol. The Labute approximate surface area is 135 Å². The second-order valence-electron chi connectivity index (χ2n) is 6.00. The summed E-state index contributed by atoms with van der Waals surface area (Å²) in [5, 5.41) is 4.10. The fourth-order valence-electron chi connectivity index (χ4n) is 3.06. The molecule has 2 fully saturated rings. The fraction of sp³-hybridized carbons (Fsp3) is 0.533. The maximum Gasteiger partial charge on any atom is 0.261 e. The van der Waals surface area contributed by atoms with Gasteiger partial charge in [0.15, 0.2) is 5.82 Å². The number of pyridine rings is 1. The van der Waals surface area contributed by atoms with E-state index in [0.29, 0.717) is 11.7 Å². The maximum absolute atomic E-state index is 6.26. The molecule has 22 heavy (non-hydrogen) atoms. The third-order valence-electron chi connectivity index (χ3n) is 4.54. The molecule has 0 amide bonds. The van der Waals surface area contributed by atoms with Crippen molar-refractivity contribution < 1.29 is 4.52 Å². The van der Waals surface area contributed by atoms with Crippen LogP contribution in [0, 0.1) is 0 Å². The van der Waals surface area contributed by atoms with Gasteiger partial charge in [-0.1, -0.05) is 5.16 Å². The van der Waals surface area contributed by atoms with E-state index < -0.39 is 5.54 Å². The molecule has 2 N–H and O–H groups in total. The molecule has 1 saturated heterocycles.